The average Bonchev–Trinajstić information content (AvgIpc) is 3.10. The maximum absolute atomic E-state index is 12.6. The van der Waals surface area contributed by atoms with E-state index in [1.165, 1.54) is 17.3 Å². The van der Waals surface area contributed by atoms with Crippen molar-refractivity contribution in [3.63, 3.8) is 0 Å². The van der Waals surface area contributed by atoms with Crippen LogP contribution in [-0.4, -0.2) is 31.3 Å². The largest absolute Gasteiger partial charge is 0.302 e. The first-order valence-corrected chi connectivity index (χ1v) is 10.2. The Morgan fingerprint density at radius 3 is 2.41 bits per heavy atom. The SMILES string of the molecule is CCCn1c(SCC(=O)c2ccc(C(C)C)cc2)nnc1-c1ccncc1. The summed E-state index contributed by atoms with van der Waals surface area (Å²) < 4.78 is 2.08. The van der Waals surface area contributed by atoms with E-state index in [2.05, 4.69) is 40.5 Å². The van der Waals surface area contributed by atoms with Crippen LogP contribution in [0.2, 0.25) is 0 Å². The van der Waals surface area contributed by atoms with Crippen molar-refractivity contribution in [2.24, 2.45) is 0 Å². The number of hydrogen-bond acceptors (Lipinski definition) is 5. The number of hydrogen-bond donors (Lipinski definition) is 0. The summed E-state index contributed by atoms with van der Waals surface area (Å²) in [5, 5.41) is 9.43. The third kappa shape index (κ3) is 4.63. The molecule has 0 amide bonds. The molecule has 5 nitrogen and oxygen atoms in total. The first-order chi connectivity index (χ1) is 13.1. The smallest absolute Gasteiger partial charge is 0.191 e. The molecule has 0 spiro atoms. The van der Waals surface area contributed by atoms with Gasteiger partial charge in [0.2, 0.25) is 0 Å². The lowest BCUT2D eigenvalue weighted by Gasteiger charge is -2.09. The van der Waals surface area contributed by atoms with Crippen LogP contribution in [0.1, 0.15) is 49.0 Å². The van der Waals surface area contributed by atoms with Gasteiger partial charge in [-0.1, -0.05) is 56.8 Å². The molecule has 2 aromatic heterocycles. The fraction of sp³-hybridized carbons (Fsp3) is 0.333. The molecule has 0 fully saturated rings. The summed E-state index contributed by atoms with van der Waals surface area (Å²) in [4.78, 5) is 16.6. The summed E-state index contributed by atoms with van der Waals surface area (Å²) in [6.45, 7) is 7.22. The van der Waals surface area contributed by atoms with Crippen molar-refractivity contribution in [3.05, 3.63) is 59.9 Å². The predicted octanol–water partition coefficient (Wildman–Crippen LogP) is 4.85. The van der Waals surface area contributed by atoms with E-state index in [1.807, 2.05) is 36.4 Å². The molecule has 6 heteroatoms. The summed E-state index contributed by atoms with van der Waals surface area (Å²) in [6, 6.07) is 11.7. The van der Waals surface area contributed by atoms with Gasteiger partial charge in [0.25, 0.3) is 0 Å². The van der Waals surface area contributed by atoms with E-state index in [0.29, 0.717) is 11.7 Å². The molecule has 0 N–H and O–H groups in total. The number of carbonyl (C=O) groups excluding carboxylic acids is 1. The zero-order valence-electron chi connectivity index (χ0n) is 15.9. The van der Waals surface area contributed by atoms with E-state index in [1.54, 1.807) is 12.4 Å². The van der Waals surface area contributed by atoms with Gasteiger partial charge in [-0.15, -0.1) is 10.2 Å². The van der Waals surface area contributed by atoms with Crippen LogP contribution in [0, 0.1) is 0 Å². The summed E-state index contributed by atoms with van der Waals surface area (Å²) in [6.07, 6.45) is 4.46. The fourth-order valence-corrected chi connectivity index (χ4v) is 3.66. The van der Waals surface area contributed by atoms with Gasteiger partial charge in [-0.2, -0.15) is 0 Å². The molecule has 2 heterocycles. The van der Waals surface area contributed by atoms with Crippen molar-refractivity contribution in [2.45, 2.75) is 44.8 Å². The molecule has 0 unspecified atom stereocenters. The summed E-state index contributed by atoms with van der Waals surface area (Å²) in [7, 11) is 0. The zero-order chi connectivity index (χ0) is 19.2. The minimum absolute atomic E-state index is 0.104. The molecule has 0 bridgehead atoms. The average molecular weight is 381 g/mol. The van der Waals surface area contributed by atoms with E-state index in [-0.39, 0.29) is 5.78 Å². The summed E-state index contributed by atoms with van der Waals surface area (Å²) in [5.41, 5.74) is 2.96. The van der Waals surface area contributed by atoms with Crippen LogP contribution in [0.15, 0.2) is 53.9 Å². The second kappa shape index (κ2) is 8.95. The van der Waals surface area contributed by atoms with Gasteiger partial charge >= 0.3 is 0 Å². The highest BCUT2D eigenvalue weighted by Crippen LogP contribution is 2.25. The van der Waals surface area contributed by atoms with Gasteiger partial charge in [-0.25, -0.2) is 0 Å². The Balaban J connectivity index is 1.74. The molecule has 3 aromatic rings. The highest BCUT2D eigenvalue weighted by atomic mass is 32.2. The Bertz CT molecular complexity index is 888. The summed E-state index contributed by atoms with van der Waals surface area (Å²) in [5.74, 6) is 1.73. The maximum atomic E-state index is 12.6. The molecule has 27 heavy (non-hydrogen) atoms. The Hall–Kier alpha value is -2.47. The van der Waals surface area contributed by atoms with E-state index < -0.39 is 0 Å². The van der Waals surface area contributed by atoms with Crippen molar-refractivity contribution < 1.29 is 4.79 Å². The minimum atomic E-state index is 0.104. The number of Topliss-reactive ketones (excluding diaryl/α,β-unsaturated/α-hetero) is 1. The number of carbonyl (C=O) groups is 1. The molecule has 1 aromatic carbocycles. The van der Waals surface area contributed by atoms with Crippen molar-refractivity contribution in [1.29, 1.82) is 0 Å². The quantitative estimate of drug-likeness (QED) is 0.413. The topological polar surface area (TPSA) is 60.7 Å². The van der Waals surface area contributed by atoms with E-state index >= 15 is 0 Å². The van der Waals surface area contributed by atoms with E-state index in [9.17, 15) is 4.79 Å². The third-order valence-electron chi connectivity index (χ3n) is 4.33. The molecule has 140 valence electrons. The molecule has 0 aliphatic carbocycles. The minimum Gasteiger partial charge on any atom is -0.302 e. The van der Waals surface area contributed by atoms with Gasteiger partial charge in [-0.05, 0) is 30.0 Å². The zero-order valence-corrected chi connectivity index (χ0v) is 16.7. The second-order valence-electron chi connectivity index (χ2n) is 6.68. The van der Waals surface area contributed by atoms with Crippen molar-refractivity contribution in [3.8, 4) is 11.4 Å². The third-order valence-corrected chi connectivity index (χ3v) is 5.30. The van der Waals surface area contributed by atoms with Crippen LogP contribution >= 0.6 is 11.8 Å². The Morgan fingerprint density at radius 2 is 1.78 bits per heavy atom. The fourth-order valence-electron chi connectivity index (χ4n) is 2.80. The van der Waals surface area contributed by atoms with Gasteiger partial charge < -0.3 is 4.57 Å². The molecule has 0 aliphatic rings. The predicted molar refractivity (Wildman–Crippen MR) is 109 cm³/mol. The lowest BCUT2D eigenvalue weighted by atomic mass is 10.0. The lowest BCUT2D eigenvalue weighted by Crippen LogP contribution is -2.06. The number of thioether (sulfide) groups is 1. The van der Waals surface area contributed by atoms with Crippen LogP contribution < -0.4 is 0 Å². The van der Waals surface area contributed by atoms with Crippen LogP contribution in [-0.2, 0) is 6.54 Å². The highest BCUT2D eigenvalue weighted by Gasteiger charge is 2.16. The molecular weight excluding hydrogens is 356 g/mol. The lowest BCUT2D eigenvalue weighted by molar-refractivity contribution is 0.102. The van der Waals surface area contributed by atoms with Gasteiger partial charge in [0.1, 0.15) is 0 Å². The number of rotatable bonds is 8. The van der Waals surface area contributed by atoms with Crippen molar-refractivity contribution in [2.75, 3.05) is 5.75 Å². The number of ketones is 1. The van der Waals surface area contributed by atoms with E-state index in [0.717, 1.165) is 35.1 Å². The highest BCUT2D eigenvalue weighted by molar-refractivity contribution is 7.99. The number of nitrogens with zero attached hydrogens (tertiary/aromatic N) is 4. The molecule has 0 saturated carbocycles. The second-order valence-corrected chi connectivity index (χ2v) is 7.62. The number of pyridine rings is 1. The maximum Gasteiger partial charge on any atom is 0.191 e. The Labute approximate surface area is 164 Å². The molecular formula is C21H24N4OS. The van der Waals surface area contributed by atoms with Gasteiger partial charge in [0.15, 0.2) is 16.8 Å². The van der Waals surface area contributed by atoms with Crippen LogP contribution in [0.4, 0.5) is 0 Å². The summed E-state index contributed by atoms with van der Waals surface area (Å²) >= 11 is 1.44. The van der Waals surface area contributed by atoms with E-state index in [4.69, 9.17) is 0 Å². The van der Waals surface area contributed by atoms with Crippen molar-refractivity contribution in [1.82, 2.24) is 19.7 Å². The van der Waals surface area contributed by atoms with Gasteiger partial charge in [0.05, 0.1) is 5.75 Å². The molecule has 0 atom stereocenters. The number of aromatic nitrogens is 4. The molecule has 0 saturated heterocycles. The Kier molecular flexibility index (Phi) is 6.40. The van der Waals surface area contributed by atoms with Gasteiger partial charge in [0, 0.05) is 30.1 Å². The van der Waals surface area contributed by atoms with Gasteiger partial charge in [-0.3, -0.25) is 9.78 Å². The molecule has 3 rings (SSSR count). The molecule has 0 radical (unpaired) electrons. The monoisotopic (exact) mass is 380 g/mol. The normalized spacial score (nSPS) is 11.1. The van der Waals surface area contributed by atoms with Crippen molar-refractivity contribution >= 4 is 17.5 Å². The Morgan fingerprint density at radius 1 is 1.07 bits per heavy atom. The van der Waals surface area contributed by atoms with Crippen LogP contribution in [0.25, 0.3) is 11.4 Å². The molecule has 0 aliphatic heterocycles. The standard InChI is InChI=1S/C21H24N4OS/c1-4-13-25-20(18-9-11-22-12-10-18)23-24-21(25)27-14-19(26)17-7-5-16(6-8-17)15(2)3/h5-12,15H,4,13-14H2,1-3H3. The number of benzene rings is 1. The first-order valence-electron chi connectivity index (χ1n) is 9.19. The van der Waals surface area contributed by atoms with Crippen LogP contribution in [0.5, 0.6) is 0 Å². The van der Waals surface area contributed by atoms with Crippen LogP contribution in [0.3, 0.4) is 0 Å². The first kappa shape index (κ1) is 19.3.